The van der Waals surface area contributed by atoms with Crippen LogP contribution in [0.4, 0.5) is 0 Å². The van der Waals surface area contributed by atoms with E-state index in [1.807, 2.05) is 0 Å². The molecule has 0 aliphatic carbocycles. The Bertz CT molecular complexity index is 3170. The topological polar surface area (TPSA) is 897 Å². The molecule has 0 aromatic carbocycles. The molecule has 32 N–H and O–H groups in total. The zero-order valence-corrected chi connectivity index (χ0v) is 78.2. The molecule has 0 bridgehead atoms. The minimum absolute atomic E-state index is 0.0687. The molecule has 0 saturated carbocycles. The minimum Gasteiger partial charge on any atom is -0.394 e. The van der Waals surface area contributed by atoms with Crippen LogP contribution in [0, 0.1) is 0 Å². The summed E-state index contributed by atoms with van der Waals surface area (Å²) in [6, 6.07) is 0. The molecule has 0 aromatic rings. The summed E-state index contributed by atoms with van der Waals surface area (Å²) >= 11 is 0. The summed E-state index contributed by atoms with van der Waals surface area (Å²) in [6.45, 7) is -13.9. The van der Waals surface area contributed by atoms with E-state index in [-0.39, 0.29) is 91.0 Å². The van der Waals surface area contributed by atoms with E-state index < -0.39 is 439 Å². The summed E-state index contributed by atoms with van der Waals surface area (Å²) < 4.78 is 167. The Balaban J connectivity index is 1.05. The molecule has 59 heteroatoms. The molecule has 10 fully saturated rings. The van der Waals surface area contributed by atoms with Crippen molar-refractivity contribution in [2.24, 2.45) is 0 Å². The Hall–Kier alpha value is -2.36. The van der Waals surface area contributed by atoms with Gasteiger partial charge in [-0.05, 0) is 51.4 Å². The van der Waals surface area contributed by atoms with Crippen LogP contribution in [0.2, 0.25) is 0 Å². The summed E-state index contributed by atoms with van der Waals surface area (Å²) in [5, 5.41) is 338. The molecule has 10 aliphatic rings. The van der Waals surface area contributed by atoms with Crippen LogP contribution in [0.25, 0.3) is 0 Å². The molecule has 10 heterocycles. The first-order valence-corrected chi connectivity index (χ1v) is 47.8. The summed E-state index contributed by atoms with van der Waals surface area (Å²) in [5.74, 6) is 0. The first-order chi connectivity index (χ1) is 68.6. The van der Waals surface area contributed by atoms with Gasteiger partial charge in [-0.25, -0.2) is 0 Å². The lowest BCUT2D eigenvalue weighted by molar-refractivity contribution is -0.392. The van der Waals surface area contributed by atoms with Crippen LogP contribution in [0.3, 0.4) is 0 Å². The van der Waals surface area contributed by atoms with Gasteiger partial charge in [-0.3, -0.25) is 0 Å². The standard InChI is InChI=1S/C84H150O59/c85-25-35-45(93)53(101)61(109)75(133-35)125-17-1-9-117-33-43-69(119-11-3-19-127-77-63(111)55(103)47(95)37(27-87)135-77)71(121-13-5-21-129-79-65(113)57(105)49(97)39(29-89)137-79)73(123-15-7-23-131-81-67(115)59(107)51(99)41(31-91)139-81)83(141-43)143-84-74(124-16-8-24-132-82-68(116)60(108)52(100)42(32-92)140-82)72(122-14-6-22-130-80-66(114)58(106)50(98)40(30-90)138-80)70(120-12-4-20-128-78-64(112)56(104)48(96)38(28-88)136-78)44(142-84)34-118-10-2-18-126-76-62(110)54(102)46(94)36(26-86)134-76/h35-116H,1-34H2/t35-,36-,37-,38-,39-,40-,41-,42-,43-,44-,45-,46-,47-,48-,49-,50-,51-,52-,53+,54+,55+,56+,57+,58+,59+,60+,61+,62+,63+,64+,65+,66+,67+,68+,69-,70-,71+,72+,73-,74-,75+,76+,77+,78+,79+,80+,81+,82+,83-,84-/m1/s1. The number of hydrogen-bond acceptors (Lipinski definition) is 59. The second-order valence-electron chi connectivity index (χ2n) is 35.8. The summed E-state index contributed by atoms with van der Waals surface area (Å²) in [5.41, 5.74) is 0. The highest BCUT2D eigenvalue weighted by Gasteiger charge is 2.58. The predicted molar refractivity (Wildman–Crippen MR) is 453 cm³/mol. The van der Waals surface area contributed by atoms with Crippen LogP contribution in [0.5, 0.6) is 0 Å². The van der Waals surface area contributed by atoms with E-state index in [0.717, 1.165) is 0 Å². The Morgan fingerprint density at radius 2 is 0.273 bits per heavy atom. The SMILES string of the molecule is OC[C@H]1O[C@H](OCCCOC[C@H]2O[C@H](O[C@H]3O[C@H](COCCCO[C@H]4O[C@H](CO)[C@@H](O)[C@H](O)[C@@H]4O)[C@@H](OCCCO[C@H]4O[C@H](CO)[C@@H](O)[C@H](O)[C@@H]4O)[C@H](OCCCO[C@H]4O[C@H](CO)[C@@H](O)[C@H](O)[C@@H]4O)[C@H]3OCCCO[C@H]3O[C@H](CO)[C@@H](O)[C@H](O)[C@@H]3O)[C@H](OCCCO[C@H]3O[C@H](CO)[C@@H](O)[C@H](O)[C@@H]3O)[C@@H](OCCCO[C@H]3O[C@H](CO)[C@@H](O)[C@H](O)[C@@H]3O)[C@@H]2OCCCO[C@H]2O[C@H](CO)[C@@H](O)[C@H](O)[C@@H]2O)[C@@H](O)[C@@H](O)[C@@H]1O. The first-order valence-electron chi connectivity index (χ1n) is 47.8. The van der Waals surface area contributed by atoms with Crippen LogP contribution < -0.4 is 0 Å². The highest BCUT2D eigenvalue weighted by Crippen LogP contribution is 2.39. The van der Waals surface area contributed by atoms with Crippen LogP contribution in [0.15, 0.2) is 0 Å². The van der Waals surface area contributed by atoms with Crippen molar-refractivity contribution in [1.82, 2.24) is 0 Å². The third-order valence-electron chi connectivity index (χ3n) is 25.5. The van der Waals surface area contributed by atoms with Crippen LogP contribution in [-0.2, 0) is 128 Å². The van der Waals surface area contributed by atoms with Crippen molar-refractivity contribution in [2.45, 2.75) is 358 Å². The van der Waals surface area contributed by atoms with Gasteiger partial charge in [-0.1, -0.05) is 0 Å². The average molecular weight is 2100 g/mol. The number of ether oxygens (including phenoxy) is 27. The minimum atomic E-state index is -1.99. The van der Waals surface area contributed by atoms with Crippen molar-refractivity contribution in [3.63, 3.8) is 0 Å². The Morgan fingerprint density at radius 1 is 0.133 bits per heavy atom. The highest BCUT2D eigenvalue weighted by molar-refractivity contribution is 5.01. The summed E-state index contributed by atoms with van der Waals surface area (Å²) in [6.07, 6.45) is -86.6. The lowest BCUT2D eigenvalue weighted by Gasteiger charge is -2.50. The van der Waals surface area contributed by atoms with Gasteiger partial charge in [0.15, 0.2) is 62.9 Å². The normalized spacial score (nSPS) is 44.4. The van der Waals surface area contributed by atoms with E-state index in [4.69, 9.17) is 128 Å². The fourth-order valence-electron chi connectivity index (χ4n) is 17.1. The monoisotopic (exact) mass is 2100 g/mol. The van der Waals surface area contributed by atoms with Gasteiger partial charge in [0, 0.05) is 52.9 Å². The zero-order chi connectivity index (χ0) is 104. The average Bonchev–Trinajstić information content (AvgIpc) is 0.765. The molecule has 840 valence electrons. The Morgan fingerprint density at radius 3 is 0.441 bits per heavy atom. The molecule has 59 nitrogen and oxygen atoms in total. The fraction of sp³-hybridized carbons (Fsp3) is 1.00. The van der Waals surface area contributed by atoms with Crippen molar-refractivity contribution in [3.8, 4) is 0 Å². The Kier molecular flexibility index (Phi) is 52.8. The number of hydrogen-bond donors (Lipinski definition) is 32. The number of aliphatic hydroxyl groups excluding tert-OH is 32. The van der Waals surface area contributed by atoms with E-state index in [1.54, 1.807) is 0 Å². The Labute approximate surface area is 818 Å². The second kappa shape index (κ2) is 61.7. The lowest BCUT2D eigenvalue weighted by Crippen LogP contribution is -2.66. The third kappa shape index (κ3) is 32.9. The molecule has 10 saturated heterocycles. The maximum absolute atomic E-state index is 11.1. The molecule has 0 spiro atoms. The number of aliphatic hydroxyl groups is 32. The second-order valence-corrected chi connectivity index (χ2v) is 35.8. The highest BCUT2D eigenvalue weighted by atomic mass is 16.8. The van der Waals surface area contributed by atoms with Crippen LogP contribution in [-0.4, -0.2) is 642 Å². The third-order valence-corrected chi connectivity index (χ3v) is 25.5. The molecule has 10 rings (SSSR count). The van der Waals surface area contributed by atoms with E-state index in [0.29, 0.717) is 0 Å². The molecule has 0 radical (unpaired) electrons. The van der Waals surface area contributed by atoms with Crippen molar-refractivity contribution in [1.29, 1.82) is 0 Å². The lowest BCUT2D eigenvalue weighted by atomic mass is 9.96. The van der Waals surface area contributed by atoms with Crippen molar-refractivity contribution < 1.29 is 291 Å². The summed E-state index contributed by atoms with van der Waals surface area (Å²) in [4.78, 5) is 0. The molecule has 50 atom stereocenters. The molecular formula is C84H150O59. The smallest absolute Gasteiger partial charge is 0.190 e. The van der Waals surface area contributed by atoms with E-state index in [2.05, 4.69) is 0 Å². The van der Waals surface area contributed by atoms with Crippen molar-refractivity contribution in [3.05, 3.63) is 0 Å². The van der Waals surface area contributed by atoms with Gasteiger partial charge >= 0.3 is 0 Å². The predicted octanol–water partition coefficient (Wildman–Crippen LogP) is -19.5. The molecule has 0 aromatic heterocycles. The van der Waals surface area contributed by atoms with Gasteiger partial charge in [0.05, 0.1) is 119 Å². The zero-order valence-electron chi connectivity index (χ0n) is 78.2. The van der Waals surface area contributed by atoms with E-state index in [1.165, 1.54) is 0 Å². The van der Waals surface area contributed by atoms with E-state index in [9.17, 15) is 163 Å². The molecule has 0 unspecified atom stereocenters. The summed E-state index contributed by atoms with van der Waals surface area (Å²) in [7, 11) is 0. The van der Waals surface area contributed by atoms with Gasteiger partial charge in [0.1, 0.15) is 244 Å². The van der Waals surface area contributed by atoms with Crippen molar-refractivity contribution in [2.75, 3.05) is 172 Å². The fourth-order valence-corrected chi connectivity index (χ4v) is 17.1. The molecule has 143 heavy (non-hydrogen) atoms. The van der Waals surface area contributed by atoms with Gasteiger partial charge in [0.2, 0.25) is 0 Å². The van der Waals surface area contributed by atoms with Gasteiger partial charge in [-0.2, -0.15) is 0 Å². The van der Waals surface area contributed by atoms with Gasteiger partial charge in [0.25, 0.3) is 0 Å². The maximum atomic E-state index is 11.1. The van der Waals surface area contributed by atoms with Crippen LogP contribution in [0.1, 0.15) is 51.4 Å². The molecule has 10 aliphatic heterocycles. The largest absolute Gasteiger partial charge is 0.394 e. The number of rotatable bonds is 60. The van der Waals surface area contributed by atoms with Crippen LogP contribution >= 0.6 is 0 Å². The van der Waals surface area contributed by atoms with Crippen molar-refractivity contribution >= 4 is 0 Å². The maximum Gasteiger partial charge on any atom is 0.190 e. The first kappa shape index (κ1) is 122. The molecule has 0 amide bonds. The van der Waals surface area contributed by atoms with Gasteiger partial charge in [-0.15, -0.1) is 0 Å². The molecular weight excluding hydrogens is 1950 g/mol. The van der Waals surface area contributed by atoms with E-state index >= 15 is 0 Å². The van der Waals surface area contributed by atoms with Gasteiger partial charge < -0.3 is 291 Å². The quantitative estimate of drug-likeness (QED) is 0.0251.